The standard InChI is InChI=1S/C18H18O4/c19-16-11-14(10-15-7-9-18(20)22-15)6-8-17(16)21-12-13-4-2-1-3-5-13/h1-6,8,11,15,19H,7,9-10,12H2/t15-/m1/s1. The summed E-state index contributed by atoms with van der Waals surface area (Å²) in [5, 5.41) is 10.1. The Bertz CT molecular complexity index is 651. The van der Waals surface area contributed by atoms with Crippen LogP contribution in [0.2, 0.25) is 0 Å². The van der Waals surface area contributed by atoms with Crippen LogP contribution < -0.4 is 4.74 Å². The van der Waals surface area contributed by atoms with Gasteiger partial charge in [0.2, 0.25) is 0 Å². The number of benzene rings is 2. The molecule has 0 bridgehead atoms. The van der Waals surface area contributed by atoms with E-state index < -0.39 is 0 Å². The predicted molar refractivity (Wildman–Crippen MR) is 81.7 cm³/mol. The molecule has 0 unspecified atom stereocenters. The van der Waals surface area contributed by atoms with Crippen molar-refractivity contribution >= 4 is 5.97 Å². The quantitative estimate of drug-likeness (QED) is 0.861. The molecule has 1 fully saturated rings. The fraction of sp³-hybridized carbons (Fsp3) is 0.278. The Morgan fingerprint density at radius 3 is 2.64 bits per heavy atom. The minimum absolute atomic E-state index is 0.0806. The van der Waals surface area contributed by atoms with Crippen LogP contribution in [-0.4, -0.2) is 17.2 Å². The van der Waals surface area contributed by atoms with Crippen LogP contribution >= 0.6 is 0 Å². The molecule has 1 N–H and O–H groups in total. The Kier molecular flexibility index (Phi) is 4.28. The molecule has 0 aliphatic carbocycles. The monoisotopic (exact) mass is 298 g/mol. The van der Waals surface area contributed by atoms with Crippen LogP contribution in [-0.2, 0) is 22.6 Å². The molecule has 3 rings (SSSR count). The van der Waals surface area contributed by atoms with E-state index in [-0.39, 0.29) is 17.8 Å². The second-order valence-corrected chi connectivity index (χ2v) is 5.43. The van der Waals surface area contributed by atoms with Gasteiger partial charge in [0.15, 0.2) is 11.5 Å². The van der Waals surface area contributed by atoms with E-state index in [2.05, 4.69) is 0 Å². The van der Waals surface area contributed by atoms with Crippen molar-refractivity contribution in [2.24, 2.45) is 0 Å². The number of phenols is 1. The molecule has 1 saturated heterocycles. The van der Waals surface area contributed by atoms with E-state index in [0.29, 0.717) is 25.2 Å². The number of carbonyl (C=O) groups is 1. The van der Waals surface area contributed by atoms with Gasteiger partial charge < -0.3 is 14.6 Å². The van der Waals surface area contributed by atoms with E-state index in [1.807, 2.05) is 36.4 Å². The summed E-state index contributed by atoms with van der Waals surface area (Å²) in [5.74, 6) is 0.422. The lowest BCUT2D eigenvalue weighted by Gasteiger charge is -2.12. The van der Waals surface area contributed by atoms with Gasteiger partial charge >= 0.3 is 5.97 Å². The average molecular weight is 298 g/mol. The van der Waals surface area contributed by atoms with Crippen LogP contribution in [0.25, 0.3) is 0 Å². The normalized spacial score (nSPS) is 17.3. The van der Waals surface area contributed by atoms with Gasteiger partial charge in [-0.15, -0.1) is 0 Å². The summed E-state index contributed by atoms with van der Waals surface area (Å²) < 4.78 is 10.8. The second kappa shape index (κ2) is 6.52. The van der Waals surface area contributed by atoms with Crippen LogP contribution in [0, 0.1) is 0 Å². The van der Waals surface area contributed by atoms with Crippen molar-refractivity contribution in [3.05, 3.63) is 59.7 Å². The Balaban J connectivity index is 1.61. The van der Waals surface area contributed by atoms with Gasteiger partial charge in [-0.3, -0.25) is 4.79 Å². The highest BCUT2D eigenvalue weighted by Crippen LogP contribution is 2.29. The van der Waals surface area contributed by atoms with Crippen molar-refractivity contribution in [3.63, 3.8) is 0 Å². The van der Waals surface area contributed by atoms with Crippen LogP contribution in [0.4, 0.5) is 0 Å². The summed E-state index contributed by atoms with van der Waals surface area (Å²) in [6.07, 6.45) is 1.77. The zero-order chi connectivity index (χ0) is 15.4. The molecule has 0 aromatic heterocycles. The van der Waals surface area contributed by atoms with Crippen molar-refractivity contribution in [3.8, 4) is 11.5 Å². The molecule has 4 heteroatoms. The van der Waals surface area contributed by atoms with Crippen LogP contribution in [0.5, 0.6) is 11.5 Å². The third-order valence-corrected chi connectivity index (χ3v) is 3.69. The molecule has 1 atom stereocenters. The number of aromatic hydroxyl groups is 1. The van der Waals surface area contributed by atoms with Gasteiger partial charge in [0.1, 0.15) is 12.7 Å². The topological polar surface area (TPSA) is 55.8 Å². The molecular weight excluding hydrogens is 280 g/mol. The predicted octanol–water partition coefficient (Wildman–Crippen LogP) is 3.22. The summed E-state index contributed by atoms with van der Waals surface area (Å²) in [6, 6.07) is 15.1. The molecule has 22 heavy (non-hydrogen) atoms. The van der Waals surface area contributed by atoms with Crippen molar-refractivity contribution < 1.29 is 19.4 Å². The molecular formula is C18H18O4. The summed E-state index contributed by atoms with van der Waals surface area (Å²) in [7, 11) is 0. The number of carbonyl (C=O) groups excluding carboxylic acids is 1. The molecule has 114 valence electrons. The molecule has 1 aliphatic heterocycles. The summed E-state index contributed by atoms with van der Waals surface area (Å²) in [4.78, 5) is 11.1. The third kappa shape index (κ3) is 3.58. The first-order valence-electron chi connectivity index (χ1n) is 7.39. The maximum Gasteiger partial charge on any atom is 0.306 e. The third-order valence-electron chi connectivity index (χ3n) is 3.69. The Labute approximate surface area is 129 Å². The lowest BCUT2D eigenvalue weighted by Crippen LogP contribution is -2.10. The molecule has 4 nitrogen and oxygen atoms in total. The molecule has 0 spiro atoms. The van der Waals surface area contributed by atoms with Gasteiger partial charge in [0.25, 0.3) is 0 Å². The van der Waals surface area contributed by atoms with Crippen molar-refractivity contribution in [1.82, 2.24) is 0 Å². The fourth-order valence-corrected chi connectivity index (χ4v) is 2.54. The Hall–Kier alpha value is -2.49. The average Bonchev–Trinajstić information content (AvgIpc) is 2.92. The molecule has 2 aromatic carbocycles. The van der Waals surface area contributed by atoms with E-state index in [9.17, 15) is 9.90 Å². The molecule has 0 amide bonds. The van der Waals surface area contributed by atoms with Gasteiger partial charge in [-0.05, 0) is 29.7 Å². The zero-order valence-electron chi connectivity index (χ0n) is 12.2. The molecule has 2 aromatic rings. The number of ether oxygens (including phenoxy) is 2. The van der Waals surface area contributed by atoms with Gasteiger partial charge in [-0.1, -0.05) is 36.4 Å². The fourth-order valence-electron chi connectivity index (χ4n) is 2.54. The first-order valence-corrected chi connectivity index (χ1v) is 7.39. The van der Waals surface area contributed by atoms with Crippen LogP contribution in [0.1, 0.15) is 24.0 Å². The number of phenolic OH excluding ortho intramolecular Hbond substituents is 1. The SMILES string of the molecule is O=C1CC[C@H](Cc2ccc(OCc3ccccc3)c(O)c2)O1. The van der Waals surface area contributed by atoms with E-state index in [1.54, 1.807) is 12.1 Å². The summed E-state index contributed by atoms with van der Waals surface area (Å²) in [6.45, 7) is 0.411. The largest absolute Gasteiger partial charge is 0.504 e. The van der Waals surface area contributed by atoms with Crippen molar-refractivity contribution in [2.45, 2.75) is 32.0 Å². The number of hydrogen-bond acceptors (Lipinski definition) is 4. The smallest absolute Gasteiger partial charge is 0.306 e. The van der Waals surface area contributed by atoms with E-state index in [0.717, 1.165) is 17.5 Å². The lowest BCUT2D eigenvalue weighted by molar-refractivity contribution is -0.141. The maximum atomic E-state index is 11.1. The minimum Gasteiger partial charge on any atom is -0.504 e. The number of rotatable bonds is 5. The molecule has 1 aliphatic rings. The summed E-state index contributed by atoms with van der Waals surface area (Å²) in [5.41, 5.74) is 1.98. The van der Waals surface area contributed by atoms with Crippen molar-refractivity contribution in [2.75, 3.05) is 0 Å². The highest BCUT2D eigenvalue weighted by atomic mass is 16.5. The number of cyclic esters (lactones) is 1. The summed E-state index contributed by atoms with van der Waals surface area (Å²) >= 11 is 0. The molecule has 0 radical (unpaired) electrons. The molecule has 1 heterocycles. The highest BCUT2D eigenvalue weighted by molar-refractivity contribution is 5.71. The van der Waals surface area contributed by atoms with Crippen LogP contribution in [0.15, 0.2) is 48.5 Å². The van der Waals surface area contributed by atoms with Gasteiger partial charge in [0.05, 0.1) is 0 Å². The van der Waals surface area contributed by atoms with E-state index >= 15 is 0 Å². The van der Waals surface area contributed by atoms with Crippen molar-refractivity contribution in [1.29, 1.82) is 0 Å². The first kappa shape index (κ1) is 14.4. The zero-order valence-corrected chi connectivity index (χ0v) is 12.2. The maximum absolute atomic E-state index is 11.1. The van der Waals surface area contributed by atoms with Gasteiger partial charge in [0, 0.05) is 12.8 Å². The Morgan fingerprint density at radius 1 is 1.14 bits per heavy atom. The first-order chi connectivity index (χ1) is 10.7. The Morgan fingerprint density at radius 2 is 1.95 bits per heavy atom. The van der Waals surface area contributed by atoms with E-state index in [1.165, 1.54) is 0 Å². The number of esters is 1. The lowest BCUT2D eigenvalue weighted by atomic mass is 10.1. The van der Waals surface area contributed by atoms with Crippen LogP contribution in [0.3, 0.4) is 0 Å². The molecule has 0 saturated carbocycles. The van der Waals surface area contributed by atoms with Gasteiger partial charge in [-0.2, -0.15) is 0 Å². The van der Waals surface area contributed by atoms with E-state index in [4.69, 9.17) is 9.47 Å². The number of hydrogen-bond donors (Lipinski definition) is 1. The second-order valence-electron chi connectivity index (χ2n) is 5.43. The minimum atomic E-state index is -0.142. The highest BCUT2D eigenvalue weighted by Gasteiger charge is 2.23. The van der Waals surface area contributed by atoms with Gasteiger partial charge in [-0.25, -0.2) is 0 Å².